The first-order chi connectivity index (χ1) is 10.7. The number of halogens is 1. The van der Waals surface area contributed by atoms with Gasteiger partial charge in [0.25, 0.3) is 5.91 Å². The first-order valence-electron chi connectivity index (χ1n) is 8.40. The molecule has 1 aromatic rings. The van der Waals surface area contributed by atoms with Crippen LogP contribution in [0.2, 0.25) is 0 Å². The molecule has 2 heterocycles. The summed E-state index contributed by atoms with van der Waals surface area (Å²) in [7, 11) is 0. The van der Waals surface area contributed by atoms with Crippen LogP contribution in [0.25, 0.3) is 0 Å². The maximum atomic E-state index is 13.2. The zero-order valence-electron chi connectivity index (χ0n) is 13.1. The minimum atomic E-state index is -0.155. The Kier molecular flexibility index (Phi) is 5.05. The number of hydrogen-bond donors (Lipinski definition) is 2. The third-order valence-electron chi connectivity index (χ3n) is 4.87. The van der Waals surface area contributed by atoms with Crippen molar-refractivity contribution in [1.82, 2.24) is 4.90 Å². The van der Waals surface area contributed by atoms with Gasteiger partial charge in [-0.25, -0.2) is 4.39 Å². The van der Waals surface area contributed by atoms with Gasteiger partial charge in [0.05, 0.1) is 0 Å². The summed E-state index contributed by atoms with van der Waals surface area (Å²) in [4.78, 5) is 17.1. The van der Waals surface area contributed by atoms with Crippen molar-refractivity contribution in [1.29, 1.82) is 0 Å². The van der Waals surface area contributed by atoms with Crippen LogP contribution in [-0.4, -0.2) is 56.6 Å². The molecular formula is C17H26FN3O+2. The van der Waals surface area contributed by atoms with Crippen LogP contribution in [0.3, 0.4) is 0 Å². The van der Waals surface area contributed by atoms with Gasteiger partial charge in [-0.2, -0.15) is 0 Å². The molecule has 0 spiro atoms. The Morgan fingerprint density at radius 2 is 1.77 bits per heavy atom. The van der Waals surface area contributed by atoms with Gasteiger partial charge in [0.2, 0.25) is 0 Å². The number of carbonyl (C=O) groups is 1. The molecule has 0 aromatic heterocycles. The van der Waals surface area contributed by atoms with Crippen molar-refractivity contribution in [2.24, 2.45) is 0 Å². The van der Waals surface area contributed by atoms with Gasteiger partial charge in [-0.15, -0.1) is 0 Å². The van der Waals surface area contributed by atoms with Crippen LogP contribution in [0.1, 0.15) is 18.4 Å². The number of nitrogens with one attached hydrogen (secondary N) is 2. The van der Waals surface area contributed by atoms with E-state index in [0.29, 0.717) is 12.5 Å². The van der Waals surface area contributed by atoms with E-state index in [1.54, 1.807) is 12.1 Å². The minimum Gasteiger partial charge on any atom is -0.338 e. The summed E-state index contributed by atoms with van der Waals surface area (Å²) < 4.78 is 13.2. The number of likely N-dealkylation sites (tertiary alicyclic amines) is 1. The lowest BCUT2D eigenvalue weighted by Crippen LogP contribution is -3.28. The molecule has 2 aliphatic heterocycles. The number of amides is 1. The molecule has 0 saturated carbocycles. The Morgan fingerprint density at radius 1 is 1.09 bits per heavy atom. The zero-order chi connectivity index (χ0) is 15.4. The fourth-order valence-corrected chi connectivity index (χ4v) is 3.54. The molecule has 5 heteroatoms. The second kappa shape index (κ2) is 7.20. The Labute approximate surface area is 131 Å². The molecule has 22 heavy (non-hydrogen) atoms. The van der Waals surface area contributed by atoms with Crippen LogP contribution in [0, 0.1) is 5.82 Å². The molecule has 3 rings (SSSR count). The third-order valence-corrected chi connectivity index (χ3v) is 4.87. The second-order valence-electron chi connectivity index (χ2n) is 6.57. The summed E-state index contributed by atoms with van der Waals surface area (Å²) in [6.07, 6.45) is 2.32. The lowest BCUT2D eigenvalue weighted by atomic mass is 10.2. The van der Waals surface area contributed by atoms with Crippen LogP contribution in [-0.2, 0) is 11.3 Å². The number of benzene rings is 1. The number of rotatable bonds is 4. The van der Waals surface area contributed by atoms with E-state index in [-0.39, 0.29) is 5.82 Å². The fraction of sp³-hybridized carbons (Fsp3) is 0.588. The summed E-state index contributed by atoms with van der Waals surface area (Å²) in [5.41, 5.74) is 1.06. The minimum absolute atomic E-state index is 0.155. The summed E-state index contributed by atoms with van der Waals surface area (Å²) in [5.74, 6) is 0.165. The smallest absolute Gasteiger partial charge is 0.277 e. The van der Waals surface area contributed by atoms with E-state index < -0.39 is 0 Å². The summed E-state index contributed by atoms with van der Waals surface area (Å²) in [6.45, 7) is 7.59. The SMILES string of the molecule is O=C(C[NH+]1CC[NH+](Cc2cccc(F)c2)CC1)N1CCCC1. The Balaban J connectivity index is 1.43. The van der Waals surface area contributed by atoms with Gasteiger partial charge in [-0.05, 0) is 25.0 Å². The predicted octanol–water partition coefficient (Wildman–Crippen LogP) is -1.27. The monoisotopic (exact) mass is 307 g/mol. The van der Waals surface area contributed by atoms with Crippen molar-refractivity contribution >= 4 is 5.91 Å². The van der Waals surface area contributed by atoms with Crippen LogP contribution in [0.4, 0.5) is 4.39 Å². The van der Waals surface area contributed by atoms with Gasteiger partial charge < -0.3 is 14.7 Å². The molecule has 0 unspecified atom stereocenters. The Hall–Kier alpha value is -1.46. The van der Waals surface area contributed by atoms with Crippen molar-refractivity contribution in [2.45, 2.75) is 19.4 Å². The molecule has 0 atom stereocenters. The van der Waals surface area contributed by atoms with Crippen LogP contribution >= 0.6 is 0 Å². The van der Waals surface area contributed by atoms with Gasteiger partial charge in [-0.1, -0.05) is 12.1 Å². The average Bonchev–Trinajstić information content (AvgIpc) is 3.04. The molecule has 1 amide bonds. The van der Waals surface area contributed by atoms with E-state index in [4.69, 9.17) is 0 Å². The topological polar surface area (TPSA) is 29.2 Å². The number of hydrogen-bond acceptors (Lipinski definition) is 1. The molecule has 0 bridgehead atoms. The van der Waals surface area contributed by atoms with Crippen molar-refractivity contribution in [3.8, 4) is 0 Å². The van der Waals surface area contributed by atoms with Crippen LogP contribution in [0.5, 0.6) is 0 Å². The van der Waals surface area contributed by atoms with Crippen molar-refractivity contribution < 1.29 is 19.0 Å². The highest BCUT2D eigenvalue weighted by molar-refractivity contribution is 5.77. The number of quaternary nitrogens is 2. The summed E-state index contributed by atoms with van der Waals surface area (Å²) >= 11 is 0. The van der Waals surface area contributed by atoms with Crippen molar-refractivity contribution in [3.63, 3.8) is 0 Å². The van der Waals surface area contributed by atoms with Gasteiger partial charge in [0.15, 0.2) is 6.54 Å². The molecular weight excluding hydrogens is 281 g/mol. The largest absolute Gasteiger partial charge is 0.338 e. The second-order valence-corrected chi connectivity index (χ2v) is 6.57. The molecule has 0 radical (unpaired) electrons. The Bertz CT molecular complexity index is 508. The van der Waals surface area contributed by atoms with Crippen LogP contribution in [0.15, 0.2) is 24.3 Å². The van der Waals surface area contributed by atoms with E-state index >= 15 is 0 Å². The molecule has 0 aliphatic carbocycles. The molecule has 1 aromatic carbocycles. The predicted molar refractivity (Wildman–Crippen MR) is 82.2 cm³/mol. The van der Waals surface area contributed by atoms with E-state index in [0.717, 1.165) is 64.2 Å². The molecule has 2 fully saturated rings. The quantitative estimate of drug-likeness (QED) is 0.714. The molecule has 2 aliphatic rings. The Morgan fingerprint density at radius 3 is 2.45 bits per heavy atom. The third kappa shape index (κ3) is 4.05. The van der Waals surface area contributed by atoms with Gasteiger partial charge in [-0.3, -0.25) is 4.79 Å². The molecule has 2 saturated heterocycles. The number of nitrogens with zero attached hydrogens (tertiary/aromatic N) is 1. The van der Waals surface area contributed by atoms with Gasteiger partial charge >= 0.3 is 0 Å². The summed E-state index contributed by atoms with van der Waals surface area (Å²) in [6, 6.07) is 6.89. The standard InChI is InChI=1S/C17H24FN3O/c18-16-5-3-4-15(12-16)13-19-8-10-20(11-9-19)14-17(22)21-6-1-2-7-21/h3-5,12H,1-2,6-11,13-14H2/p+2. The van der Waals surface area contributed by atoms with E-state index in [1.807, 2.05) is 11.0 Å². The number of carbonyl (C=O) groups excluding carboxylic acids is 1. The highest BCUT2D eigenvalue weighted by Crippen LogP contribution is 2.06. The maximum absolute atomic E-state index is 13.2. The van der Waals surface area contributed by atoms with Crippen molar-refractivity contribution in [2.75, 3.05) is 45.8 Å². The molecule has 2 N–H and O–H groups in total. The van der Waals surface area contributed by atoms with Gasteiger partial charge in [0, 0.05) is 18.7 Å². The highest BCUT2D eigenvalue weighted by Gasteiger charge is 2.27. The molecule has 4 nitrogen and oxygen atoms in total. The lowest BCUT2D eigenvalue weighted by molar-refractivity contribution is -1.02. The highest BCUT2D eigenvalue weighted by atomic mass is 19.1. The van der Waals surface area contributed by atoms with Gasteiger partial charge in [0.1, 0.15) is 38.5 Å². The van der Waals surface area contributed by atoms with E-state index in [9.17, 15) is 9.18 Å². The number of piperazine rings is 1. The first kappa shape index (κ1) is 15.4. The van der Waals surface area contributed by atoms with Crippen molar-refractivity contribution in [3.05, 3.63) is 35.6 Å². The van der Waals surface area contributed by atoms with E-state index in [1.165, 1.54) is 15.9 Å². The van der Waals surface area contributed by atoms with E-state index in [2.05, 4.69) is 0 Å². The first-order valence-corrected chi connectivity index (χ1v) is 8.40. The zero-order valence-corrected chi connectivity index (χ0v) is 13.1. The normalized spacial score (nSPS) is 25.4. The summed E-state index contributed by atoms with van der Waals surface area (Å²) in [5, 5.41) is 0. The average molecular weight is 307 g/mol. The lowest BCUT2D eigenvalue weighted by Gasteiger charge is -2.30. The molecule has 120 valence electrons. The van der Waals surface area contributed by atoms with Crippen LogP contribution < -0.4 is 9.80 Å². The maximum Gasteiger partial charge on any atom is 0.277 e. The fourth-order valence-electron chi connectivity index (χ4n) is 3.54.